The number of carbonyl (C=O) groups excluding carboxylic acids is 2. The second-order valence-corrected chi connectivity index (χ2v) is 6.78. The van der Waals surface area contributed by atoms with E-state index in [9.17, 15) is 14.4 Å². The van der Waals surface area contributed by atoms with Gasteiger partial charge in [0.1, 0.15) is 0 Å². The van der Waals surface area contributed by atoms with Crippen LogP contribution in [0.5, 0.6) is 0 Å². The fourth-order valence-corrected chi connectivity index (χ4v) is 2.99. The second kappa shape index (κ2) is 9.71. The molecule has 1 fully saturated rings. The van der Waals surface area contributed by atoms with Crippen LogP contribution in [0.2, 0.25) is 0 Å². The summed E-state index contributed by atoms with van der Waals surface area (Å²) in [5, 5.41) is 11.4. The van der Waals surface area contributed by atoms with E-state index < -0.39 is 5.97 Å². The van der Waals surface area contributed by atoms with Crippen molar-refractivity contribution in [2.45, 2.75) is 33.1 Å². The first-order chi connectivity index (χ1) is 10.5. The van der Waals surface area contributed by atoms with Gasteiger partial charge < -0.3 is 15.3 Å². The van der Waals surface area contributed by atoms with Crippen molar-refractivity contribution in [3.05, 3.63) is 0 Å². The van der Waals surface area contributed by atoms with Gasteiger partial charge in [0.15, 0.2) is 0 Å². The lowest BCUT2D eigenvalue weighted by atomic mass is 9.95. The van der Waals surface area contributed by atoms with Gasteiger partial charge in [0.25, 0.3) is 0 Å². The van der Waals surface area contributed by atoms with Crippen molar-refractivity contribution in [2.24, 2.45) is 11.8 Å². The largest absolute Gasteiger partial charge is 0.481 e. The minimum absolute atomic E-state index is 0.00855. The number of carboxylic acids is 1. The standard InChI is InChI=1S/C15H26N2O4S/c1-3-11(2)15(21)17-7-4-5-12(9-17)14(20)16-6-8-22-10-13(18)19/h11-12H,3-10H2,1-2H3,(H,16,20)(H,18,19). The molecule has 126 valence electrons. The van der Waals surface area contributed by atoms with Gasteiger partial charge in [0.2, 0.25) is 11.8 Å². The highest BCUT2D eigenvalue weighted by atomic mass is 32.2. The van der Waals surface area contributed by atoms with Gasteiger partial charge in [-0.15, -0.1) is 11.8 Å². The molecule has 0 aromatic rings. The lowest BCUT2D eigenvalue weighted by molar-refractivity contribution is -0.139. The van der Waals surface area contributed by atoms with Gasteiger partial charge in [-0.1, -0.05) is 13.8 Å². The summed E-state index contributed by atoms with van der Waals surface area (Å²) in [6.45, 7) is 5.61. The number of rotatable bonds is 8. The van der Waals surface area contributed by atoms with Crippen LogP contribution in [0.25, 0.3) is 0 Å². The van der Waals surface area contributed by atoms with Gasteiger partial charge in [0, 0.05) is 31.3 Å². The Bertz CT molecular complexity index is 403. The lowest BCUT2D eigenvalue weighted by Gasteiger charge is -2.33. The van der Waals surface area contributed by atoms with Crippen LogP contribution in [0.15, 0.2) is 0 Å². The third kappa shape index (κ3) is 6.25. The Balaban J connectivity index is 2.33. The summed E-state index contributed by atoms with van der Waals surface area (Å²) in [5.74, 6) is -0.241. The summed E-state index contributed by atoms with van der Waals surface area (Å²) in [4.78, 5) is 36.5. The third-order valence-corrected chi connectivity index (χ3v) is 4.85. The van der Waals surface area contributed by atoms with Gasteiger partial charge in [-0.05, 0) is 19.3 Å². The molecule has 2 N–H and O–H groups in total. The van der Waals surface area contributed by atoms with Crippen molar-refractivity contribution in [3.8, 4) is 0 Å². The van der Waals surface area contributed by atoms with E-state index in [1.54, 1.807) is 4.90 Å². The van der Waals surface area contributed by atoms with Crippen molar-refractivity contribution in [1.29, 1.82) is 0 Å². The van der Waals surface area contributed by atoms with E-state index in [-0.39, 0.29) is 29.4 Å². The van der Waals surface area contributed by atoms with Crippen molar-refractivity contribution >= 4 is 29.5 Å². The average molecular weight is 330 g/mol. The normalized spacial score (nSPS) is 19.5. The van der Waals surface area contributed by atoms with E-state index in [0.29, 0.717) is 18.8 Å². The summed E-state index contributed by atoms with van der Waals surface area (Å²) in [6.07, 6.45) is 2.47. The summed E-state index contributed by atoms with van der Waals surface area (Å²) in [5.41, 5.74) is 0. The monoisotopic (exact) mass is 330 g/mol. The molecule has 2 atom stereocenters. The first-order valence-corrected chi connectivity index (χ1v) is 8.97. The van der Waals surface area contributed by atoms with Crippen molar-refractivity contribution in [3.63, 3.8) is 0 Å². The molecule has 2 amide bonds. The Labute approximate surface area is 136 Å². The number of hydrogen-bond acceptors (Lipinski definition) is 4. The smallest absolute Gasteiger partial charge is 0.313 e. The Hall–Kier alpha value is -1.24. The van der Waals surface area contributed by atoms with E-state index in [1.807, 2.05) is 13.8 Å². The van der Waals surface area contributed by atoms with Crippen molar-refractivity contribution in [1.82, 2.24) is 10.2 Å². The van der Waals surface area contributed by atoms with Crippen LogP contribution < -0.4 is 5.32 Å². The molecule has 0 spiro atoms. The molecule has 0 saturated carbocycles. The molecule has 2 unspecified atom stereocenters. The highest BCUT2D eigenvalue weighted by Crippen LogP contribution is 2.19. The molecule has 6 nitrogen and oxygen atoms in total. The molecule has 0 aliphatic carbocycles. The van der Waals surface area contributed by atoms with Crippen LogP contribution >= 0.6 is 11.8 Å². The zero-order valence-corrected chi connectivity index (χ0v) is 14.2. The molecule has 1 aliphatic heterocycles. The van der Waals surface area contributed by atoms with Crippen LogP contribution in [0.4, 0.5) is 0 Å². The molecule has 1 aliphatic rings. The lowest BCUT2D eigenvalue weighted by Crippen LogP contribution is -2.47. The molecule has 22 heavy (non-hydrogen) atoms. The van der Waals surface area contributed by atoms with Gasteiger partial charge in [-0.3, -0.25) is 14.4 Å². The van der Waals surface area contributed by atoms with Gasteiger partial charge in [0.05, 0.1) is 11.7 Å². The van der Waals surface area contributed by atoms with Crippen molar-refractivity contribution < 1.29 is 19.5 Å². The summed E-state index contributed by atoms with van der Waals surface area (Å²) < 4.78 is 0. The minimum atomic E-state index is -0.845. The molecular weight excluding hydrogens is 304 g/mol. The number of amides is 2. The fourth-order valence-electron chi connectivity index (χ4n) is 2.43. The number of aliphatic carboxylic acids is 1. The van der Waals surface area contributed by atoms with E-state index in [1.165, 1.54) is 11.8 Å². The molecular formula is C15H26N2O4S. The van der Waals surface area contributed by atoms with E-state index in [0.717, 1.165) is 25.8 Å². The van der Waals surface area contributed by atoms with Crippen LogP contribution in [-0.4, -0.2) is 58.9 Å². The van der Waals surface area contributed by atoms with Gasteiger partial charge in [-0.25, -0.2) is 0 Å². The average Bonchev–Trinajstić information content (AvgIpc) is 2.52. The van der Waals surface area contributed by atoms with Gasteiger partial charge in [-0.2, -0.15) is 0 Å². The Morgan fingerprint density at radius 2 is 2.14 bits per heavy atom. The first-order valence-electron chi connectivity index (χ1n) is 7.81. The quantitative estimate of drug-likeness (QED) is 0.653. The number of carboxylic acid groups (broad SMARTS) is 1. The Morgan fingerprint density at radius 3 is 2.77 bits per heavy atom. The van der Waals surface area contributed by atoms with Crippen LogP contribution in [-0.2, 0) is 14.4 Å². The SMILES string of the molecule is CCC(C)C(=O)N1CCCC(C(=O)NCCSCC(=O)O)C1. The predicted molar refractivity (Wildman–Crippen MR) is 86.7 cm³/mol. The molecule has 1 heterocycles. The summed E-state index contributed by atoms with van der Waals surface area (Å²) >= 11 is 1.28. The Morgan fingerprint density at radius 1 is 1.41 bits per heavy atom. The van der Waals surface area contributed by atoms with Crippen LogP contribution in [0, 0.1) is 11.8 Å². The molecule has 0 bridgehead atoms. The van der Waals surface area contributed by atoms with E-state index in [4.69, 9.17) is 5.11 Å². The highest BCUT2D eigenvalue weighted by Gasteiger charge is 2.29. The number of nitrogens with one attached hydrogen (secondary N) is 1. The highest BCUT2D eigenvalue weighted by molar-refractivity contribution is 7.99. The maximum absolute atomic E-state index is 12.2. The molecule has 7 heteroatoms. The molecule has 0 aromatic heterocycles. The van der Waals surface area contributed by atoms with Crippen molar-refractivity contribution in [2.75, 3.05) is 31.1 Å². The Kier molecular flexibility index (Phi) is 8.30. The predicted octanol–water partition coefficient (Wildman–Crippen LogP) is 1.21. The second-order valence-electron chi connectivity index (χ2n) is 5.67. The number of piperidine rings is 1. The molecule has 1 rings (SSSR count). The molecule has 0 aromatic carbocycles. The van der Waals surface area contributed by atoms with Crippen LogP contribution in [0.3, 0.4) is 0 Å². The maximum atomic E-state index is 12.2. The number of likely N-dealkylation sites (tertiary alicyclic amines) is 1. The first kappa shape index (κ1) is 18.8. The number of carbonyl (C=O) groups is 3. The minimum Gasteiger partial charge on any atom is -0.481 e. The van der Waals surface area contributed by atoms with Gasteiger partial charge >= 0.3 is 5.97 Å². The van der Waals surface area contributed by atoms with E-state index in [2.05, 4.69) is 5.32 Å². The zero-order chi connectivity index (χ0) is 16.5. The summed E-state index contributed by atoms with van der Waals surface area (Å²) in [7, 11) is 0. The third-order valence-electron chi connectivity index (χ3n) is 3.91. The van der Waals surface area contributed by atoms with E-state index >= 15 is 0 Å². The summed E-state index contributed by atoms with van der Waals surface area (Å²) in [6, 6.07) is 0. The number of thioether (sulfide) groups is 1. The molecule has 1 saturated heterocycles. The topological polar surface area (TPSA) is 86.7 Å². The zero-order valence-electron chi connectivity index (χ0n) is 13.3. The molecule has 0 radical (unpaired) electrons. The fraction of sp³-hybridized carbons (Fsp3) is 0.800. The van der Waals surface area contributed by atoms with Crippen LogP contribution in [0.1, 0.15) is 33.1 Å². The number of nitrogens with zero attached hydrogens (tertiary/aromatic N) is 1. The number of hydrogen-bond donors (Lipinski definition) is 2. The maximum Gasteiger partial charge on any atom is 0.313 e.